The van der Waals surface area contributed by atoms with E-state index < -0.39 is 0 Å². The topological polar surface area (TPSA) is 70.4 Å². The quantitative estimate of drug-likeness (QED) is 0.607. The summed E-state index contributed by atoms with van der Waals surface area (Å²) < 4.78 is 1.75. The molecule has 23 heavy (non-hydrogen) atoms. The van der Waals surface area contributed by atoms with Crippen LogP contribution >= 0.6 is 0 Å². The predicted molar refractivity (Wildman–Crippen MR) is 93.3 cm³/mol. The van der Waals surface area contributed by atoms with Crippen LogP contribution in [0.5, 0.6) is 0 Å². The van der Waals surface area contributed by atoms with Crippen LogP contribution in [0.25, 0.3) is 0 Å². The number of likely N-dealkylation sites (tertiary alicyclic amines) is 1. The van der Waals surface area contributed by atoms with Crippen molar-refractivity contribution < 1.29 is 0 Å². The lowest BCUT2D eigenvalue weighted by atomic mass is 9.98. The van der Waals surface area contributed by atoms with Crippen LogP contribution in [0.4, 0.5) is 0 Å². The molecule has 0 atom stereocenters. The van der Waals surface area contributed by atoms with Crippen molar-refractivity contribution >= 4 is 5.96 Å². The van der Waals surface area contributed by atoms with E-state index in [0.29, 0.717) is 6.54 Å². The molecule has 1 aromatic rings. The van der Waals surface area contributed by atoms with E-state index in [1.165, 1.54) is 32.4 Å². The van der Waals surface area contributed by atoms with Gasteiger partial charge < -0.3 is 10.6 Å². The van der Waals surface area contributed by atoms with Crippen LogP contribution in [0, 0.1) is 0 Å². The van der Waals surface area contributed by atoms with E-state index >= 15 is 0 Å². The number of rotatable bonds is 6. The molecule has 2 rings (SSSR count). The van der Waals surface area contributed by atoms with Gasteiger partial charge in [-0.3, -0.25) is 9.58 Å². The van der Waals surface area contributed by atoms with E-state index in [1.54, 1.807) is 11.0 Å². The molecule has 0 saturated carbocycles. The molecule has 1 fully saturated rings. The number of nitrogens with zero attached hydrogens (tertiary/aromatic N) is 5. The highest BCUT2D eigenvalue weighted by molar-refractivity contribution is 5.79. The van der Waals surface area contributed by atoms with Crippen LogP contribution in [0.3, 0.4) is 0 Å². The van der Waals surface area contributed by atoms with Crippen LogP contribution in [0.1, 0.15) is 45.9 Å². The van der Waals surface area contributed by atoms with Crippen LogP contribution in [0.2, 0.25) is 0 Å². The van der Waals surface area contributed by atoms with Gasteiger partial charge in [0.15, 0.2) is 5.96 Å². The van der Waals surface area contributed by atoms with Crippen molar-refractivity contribution in [2.24, 2.45) is 12.0 Å². The van der Waals surface area contributed by atoms with E-state index in [2.05, 4.69) is 51.4 Å². The number of aromatic nitrogens is 3. The Balaban J connectivity index is 1.91. The number of hydrogen-bond acceptors (Lipinski definition) is 4. The maximum absolute atomic E-state index is 4.62. The second-order valence-corrected chi connectivity index (χ2v) is 6.71. The Kier molecular flexibility index (Phi) is 6.38. The van der Waals surface area contributed by atoms with Gasteiger partial charge in [-0.15, -0.1) is 0 Å². The number of guanidine groups is 1. The highest BCUT2D eigenvalue weighted by Crippen LogP contribution is 2.19. The van der Waals surface area contributed by atoms with Gasteiger partial charge in [-0.1, -0.05) is 6.42 Å². The van der Waals surface area contributed by atoms with Gasteiger partial charge in [0.05, 0.1) is 0 Å². The number of hydrogen-bond donors (Lipinski definition) is 2. The Morgan fingerprint density at radius 2 is 2.00 bits per heavy atom. The number of aryl methyl sites for hydroxylation is 1. The molecule has 7 heteroatoms. The minimum absolute atomic E-state index is 0.126. The summed E-state index contributed by atoms with van der Waals surface area (Å²) in [4.78, 5) is 11.4. The molecule has 7 nitrogen and oxygen atoms in total. The first kappa shape index (κ1) is 17.7. The molecule has 0 aromatic carbocycles. The minimum atomic E-state index is 0.126. The monoisotopic (exact) mass is 321 g/mol. The predicted octanol–water partition coefficient (Wildman–Crippen LogP) is 1.13. The van der Waals surface area contributed by atoms with Crippen LogP contribution in [-0.4, -0.2) is 57.3 Å². The van der Waals surface area contributed by atoms with Gasteiger partial charge in [0.1, 0.15) is 18.7 Å². The molecule has 0 aliphatic carbocycles. The van der Waals surface area contributed by atoms with Crippen LogP contribution in [-0.2, 0) is 13.6 Å². The Morgan fingerprint density at radius 1 is 1.26 bits per heavy atom. The molecular weight excluding hydrogens is 290 g/mol. The average molecular weight is 321 g/mol. The zero-order chi connectivity index (χ0) is 16.7. The van der Waals surface area contributed by atoms with Crippen molar-refractivity contribution in [2.45, 2.75) is 52.1 Å². The fourth-order valence-electron chi connectivity index (χ4n) is 2.87. The Hall–Kier alpha value is -1.63. The lowest BCUT2D eigenvalue weighted by molar-refractivity contribution is 0.0982. The standard InChI is InChI=1S/C16H31N7/c1-5-17-15(18-11-14-20-13-21-22(14)4)19-12-16(2,3)23-9-7-6-8-10-23/h13H,5-12H2,1-4H3,(H2,17,18,19). The zero-order valence-electron chi connectivity index (χ0n) is 15.0. The lowest BCUT2D eigenvalue weighted by Gasteiger charge is -2.41. The second-order valence-electron chi connectivity index (χ2n) is 6.71. The van der Waals surface area contributed by atoms with Crippen molar-refractivity contribution in [1.82, 2.24) is 30.3 Å². The number of aliphatic imine (C=N–C) groups is 1. The highest BCUT2D eigenvalue weighted by Gasteiger charge is 2.27. The molecule has 130 valence electrons. The summed E-state index contributed by atoms with van der Waals surface area (Å²) in [5.74, 6) is 1.69. The van der Waals surface area contributed by atoms with E-state index in [9.17, 15) is 0 Å². The first-order valence-electron chi connectivity index (χ1n) is 8.63. The molecule has 2 heterocycles. The van der Waals surface area contributed by atoms with Crippen molar-refractivity contribution in [3.05, 3.63) is 12.2 Å². The molecular formula is C16H31N7. The van der Waals surface area contributed by atoms with Crippen molar-refractivity contribution in [3.63, 3.8) is 0 Å². The summed E-state index contributed by atoms with van der Waals surface area (Å²) in [5, 5.41) is 10.9. The van der Waals surface area contributed by atoms with E-state index in [4.69, 9.17) is 0 Å². The third kappa shape index (κ3) is 5.20. The van der Waals surface area contributed by atoms with Gasteiger partial charge in [-0.25, -0.2) is 9.98 Å². The molecule has 2 N–H and O–H groups in total. The third-order valence-corrected chi connectivity index (χ3v) is 4.43. The Bertz CT molecular complexity index is 500. The fourth-order valence-corrected chi connectivity index (χ4v) is 2.87. The van der Waals surface area contributed by atoms with Crippen LogP contribution in [0.15, 0.2) is 11.3 Å². The zero-order valence-corrected chi connectivity index (χ0v) is 15.0. The first-order valence-corrected chi connectivity index (χ1v) is 8.63. The van der Waals surface area contributed by atoms with Gasteiger partial charge in [0.2, 0.25) is 0 Å². The molecule has 0 radical (unpaired) electrons. The molecule has 1 aliphatic rings. The summed E-state index contributed by atoms with van der Waals surface area (Å²) in [6.07, 6.45) is 5.54. The second kappa shape index (κ2) is 8.29. The smallest absolute Gasteiger partial charge is 0.191 e. The van der Waals surface area contributed by atoms with Gasteiger partial charge in [0, 0.05) is 25.7 Å². The third-order valence-electron chi connectivity index (χ3n) is 4.43. The van der Waals surface area contributed by atoms with Crippen molar-refractivity contribution in [3.8, 4) is 0 Å². The van der Waals surface area contributed by atoms with E-state index in [-0.39, 0.29) is 5.54 Å². The summed E-state index contributed by atoms with van der Waals surface area (Å²) in [6, 6.07) is 0. The van der Waals surface area contributed by atoms with Gasteiger partial charge >= 0.3 is 0 Å². The van der Waals surface area contributed by atoms with E-state index in [1.807, 2.05) is 7.05 Å². The van der Waals surface area contributed by atoms with E-state index in [0.717, 1.165) is 24.9 Å². The fraction of sp³-hybridized carbons (Fsp3) is 0.812. The number of nitrogens with one attached hydrogen (secondary N) is 2. The van der Waals surface area contributed by atoms with Crippen molar-refractivity contribution in [1.29, 1.82) is 0 Å². The van der Waals surface area contributed by atoms with Gasteiger partial charge in [-0.05, 0) is 46.7 Å². The van der Waals surface area contributed by atoms with Gasteiger partial charge in [0.25, 0.3) is 0 Å². The average Bonchev–Trinajstić information content (AvgIpc) is 2.96. The number of piperidine rings is 1. The molecule has 0 spiro atoms. The molecule has 1 aromatic heterocycles. The summed E-state index contributed by atoms with van der Waals surface area (Å²) in [7, 11) is 1.89. The summed E-state index contributed by atoms with van der Waals surface area (Å²) in [5.41, 5.74) is 0.126. The van der Waals surface area contributed by atoms with Crippen molar-refractivity contribution in [2.75, 3.05) is 26.2 Å². The largest absolute Gasteiger partial charge is 0.357 e. The molecule has 0 amide bonds. The lowest BCUT2D eigenvalue weighted by Crippen LogP contribution is -2.54. The maximum atomic E-state index is 4.62. The Morgan fingerprint density at radius 3 is 2.61 bits per heavy atom. The Labute approximate surface area is 139 Å². The SMILES string of the molecule is CCNC(=NCc1ncnn1C)NCC(C)(C)N1CCCCC1. The molecule has 0 bridgehead atoms. The molecule has 0 unspecified atom stereocenters. The normalized spacial score (nSPS) is 17.3. The van der Waals surface area contributed by atoms with Gasteiger partial charge in [-0.2, -0.15) is 5.10 Å². The van der Waals surface area contributed by atoms with Crippen LogP contribution < -0.4 is 10.6 Å². The molecule has 1 saturated heterocycles. The highest BCUT2D eigenvalue weighted by atomic mass is 15.3. The summed E-state index contributed by atoms with van der Waals surface area (Å²) >= 11 is 0. The summed E-state index contributed by atoms with van der Waals surface area (Å²) in [6.45, 7) is 11.3. The first-order chi connectivity index (χ1) is 11.0. The molecule has 1 aliphatic heterocycles. The minimum Gasteiger partial charge on any atom is -0.357 e. The maximum Gasteiger partial charge on any atom is 0.191 e.